The summed E-state index contributed by atoms with van der Waals surface area (Å²) in [5.41, 5.74) is 0.325. The summed E-state index contributed by atoms with van der Waals surface area (Å²) < 4.78 is 46.9. The van der Waals surface area contributed by atoms with Crippen molar-refractivity contribution >= 4 is 23.5 Å². The first-order valence-corrected chi connectivity index (χ1v) is 8.36. The summed E-state index contributed by atoms with van der Waals surface area (Å²) in [6.07, 6.45) is -4.72. The summed E-state index contributed by atoms with van der Waals surface area (Å²) in [4.78, 5) is 11.1. The molecule has 1 aliphatic heterocycles. The Morgan fingerprint density at radius 3 is 2.23 bits per heavy atom. The highest BCUT2D eigenvalue weighted by Crippen LogP contribution is 2.53. The highest BCUT2D eigenvalue weighted by Gasteiger charge is 2.61. The molecule has 0 unspecified atom stereocenters. The van der Waals surface area contributed by atoms with E-state index in [1.54, 1.807) is 30.3 Å². The molecule has 1 fully saturated rings. The third kappa shape index (κ3) is 3.01. The molecular formula is C18H15F3N2O2S. The molecule has 1 N–H and O–H groups in total. The molecule has 26 heavy (non-hydrogen) atoms. The molecule has 1 atom stereocenters. The average Bonchev–Trinajstić information content (AvgIpc) is 2.61. The molecule has 0 bridgehead atoms. The molecule has 0 spiro atoms. The molecule has 2 aromatic rings. The molecule has 0 radical (unpaired) electrons. The number of nitrogens with one attached hydrogen (secondary N) is 1. The second-order valence-electron chi connectivity index (χ2n) is 5.50. The predicted octanol–water partition coefficient (Wildman–Crippen LogP) is 4.84. The zero-order chi connectivity index (χ0) is 18.9. The third-order valence-electron chi connectivity index (χ3n) is 3.92. The molecule has 1 saturated heterocycles. The number of ether oxygens (including phenoxy) is 1. The van der Waals surface area contributed by atoms with Gasteiger partial charge >= 0.3 is 12.2 Å². The number of rotatable bonds is 3. The van der Waals surface area contributed by atoms with E-state index in [4.69, 9.17) is 4.74 Å². The van der Waals surface area contributed by atoms with E-state index in [9.17, 15) is 18.0 Å². The smallest absolute Gasteiger partial charge is 0.425 e. The topological polar surface area (TPSA) is 41.6 Å². The minimum Gasteiger partial charge on any atom is -0.497 e. The Labute approximate surface area is 152 Å². The molecule has 8 heteroatoms. The van der Waals surface area contributed by atoms with Gasteiger partial charge in [-0.1, -0.05) is 48.7 Å². The second-order valence-corrected chi connectivity index (χ2v) is 6.79. The number of hydrogen-bond donors (Lipinski definition) is 1. The standard InChI is InChI=1S/C18H15F3N2O2S/c1-12-23(14-8-10-15(25-2)11-9-14)16(24)22-17(26-12,18(19,20)21)13-6-4-3-5-7-13/h3-11H,1H2,2H3,(H,22,24)/t17-/m1/s1. The van der Waals surface area contributed by atoms with Crippen LogP contribution in [-0.2, 0) is 4.87 Å². The van der Waals surface area contributed by atoms with Gasteiger partial charge in [0.15, 0.2) is 0 Å². The molecule has 0 aromatic heterocycles. The van der Waals surface area contributed by atoms with Gasteiger partial charge in [0.05, 0.1) is 17.8 Å². The van der Waals surface area contributed by atoms with Crippen LogP contribution in [0.4, 0.5) is 23.7 Å². The number of anilines is 1. The summed E-state index contributed by atoms with van der Waals surface area (Å²) in [7, 11) is 1.49. The number of alkyl halides is 3. The molecule has 1 aliphatic rings. The van der Waals surface area contributed by atoms with E-state index in [2.05, 4.69) is 11.9 Å². The van der Waals surface area contributed by atoms with Crippen molar-refractivity contribution in [2.45, 2.75) is 11.0 Å². The molecule has 2 aromatic carbocycles. The van der Waals surface area contributed by atoms with Crippen molar-refractivity contribution in [3.8, 4) is 5.75 Å². The number of benzene rings is 2. The Kier molecular flexibility index (Phi) is 4.62. The van der Waals surface area contributed by atoms with E-state index >= 15 is 0 Å². The number of carbonyl (C=O) groups excluding carboxylic acids is 1. The minimum absolute atomic E-state index is 0.0277. The molecule has 3 rings (SSSR count). The van der Waals surface area contributed by atoms with Crippen LogP contribution in [0.15, 0.2) is 66.2 Å². The summed E-state index contributed by atoms with van der Waals surface area (Å²) >= 11 is 0.454. The minimum atomic E-state index is -4.72. The Balaban J connectivity index is 2.00. The first-order valence-electron chi connectivity index (χ1n) is 7.55. The van der Waals surface area contributed by atoms with Crippen molar-refractivity contribution in [1.29, 1.82) is 0 Å². The fourth-order valence-electron chi connectivity index (χ4n) is 2.66. The van der Waals surface area contributed by atoms with Gasteiger partial charge in [-0.2, -0.15) is 13.2 Å². The highest BCUT2D eigenvalue weighted by atomic mass is 32.2. The van der Waals surface area contributed by atoms with Crippen molar-refractivity contribution < 1.29 is 22.7 Å². The lowest BCUT2D eigenvalue weighted by Crippen LogP contribution is -2.60. The molecule has 4 nitrogen and oxygen atoms in total. The van der Waals surface area contributed by atoms with E-state index in [1.807, 2.05) is 0 Å². The summed E-state index contributed by atoms with van der Waals surface area (Å²) in [5.74, 6) is 0.568. The first kappa shape index (κ1) is 18.2. The molecule has 1 heterocycles. The van der Waals surface area contributed by atoms with Gasteiger partial charge in [-0.05, 0) is 29.8 Å². The van der Waals surface area contributed by atoms with Crippen LogP contribution in [0.2, 0.25) is 0 Å². The molecule has 0 aliphatic carbocycles. The van der Waals surface area contributed by atoms with Crippen molar-refractivity contribution in [2.75, 3.05) is 12.0 Å². The number of carbonyl (C=O) groups is 1. The van der Waals surface area contributed by atoms with Crippen LogP contribution < -0.4 is 15.0 Å². The highest BCUT2D eigenvalue weighted by molar-refractivity contribution is 8.04. The summed E-state index contributed by atoms with van der Waals surface area (Å²) in [6.45, 7) is 3.70. The maximum absolute atomic E-state index is 13.9. The predicted molar refractivity (Wildman–Crippen MR) is 94.9 cm³/mol. The van der Waals surface area contributed by atoms with Crippen LogP contribution in [0.1, 0.15) is 5.56 Å². The Morgan fingerprint density at radius 2 is 1.73 bits per heavy atom. The third-order valence-corrected chi connectivity index (χ3v) is 5.21. The van der Waals surface area contributed by atoms with Crippen molar-refractivity contribution in [2.24, 2.45) is 0 Å². The van der Waals surface area contributed by atoms with Crippen molar-refractivity contribution in [3.05, 3.63) is 71.8 Å². The van der Waals surface area contributed by atoms with E-state index in [1.165, 1.54) is 31.4 Å². The number of amides is 2. The molecular weight excluding hydrogens is 365 g/mol. The monoisotopic (exact) mass is 380 g/mol. The summed E-state index contributed by atoms with van der Waals surface area (Å²) in [6, 6.07) is 12.7. The fraction of sp³-hybridized carbons (Fsp3) is 0.167. The number of methoxy groups -OCH3 is 1. The lowest BCUT2D eigenvalue weighted by Gasteiger charge is -2.43. The summed E-state index contributed by atoms with van der Waals surface area (Å²) in [5, 5.41) is 2.10. The Morgan fingerprint density at radius 1 is 1.12 bits per heavy atom. The second kappa shape index (κ2) is 6.60. The van der Waals surface area contributed by atoms with E-state index in [0.29, 0.717) is 23.2 Å². The van der Waals surface area contributed by atoms with Crippen LogP contribution in [0.5, 0.6) is 5.75 Å². The van der Waals surface area contributed by atoms with Crippen molar-refractivity contribution in [1.82, 2.24) is 5.32 Å². The van der Waals surface area contributed by atoms with Crippen LogP contribution >= 0.6 is 11.8 Å². The van der Waals surface area contributed by atoms with Crippen molar-refractivity contribution in [3.63, 3.8) is 0 Å². The van der Waals surface area contributed by atoms with Crippen LogP contribution in [0.25, 0.3) is 0 Å². The SMILES string of the molecule is C=C1S[C@](c2ccccc2)(C(F)(F)F)NC(=O)N1c1ccc(OC)cc1. The first-order chi connectivity index (χ1) is 12.3. The van der Waals surface area contributed by atoms with Gasteiger partial charge < -0.3 is 10.1 Å². The van der Waals surface area contributed by atoms with Crippen LogP contribution in [-0.4, -0.2) is 19.3 Å². The van der Waals surface area contributed by atoms with E-state index in [0.717, 1.165) is 4.90 Å². The normalized spacial score (nSPS) is 20.7. The molecule has 0 saturated carbocycles. The van der Waals surface area contributed by atoms with Gasteiger partial charge in [-0.15, -0.1) is 0 Å². The lowest BCUT2D eigenvalue weighted by atomic mass is 10.1. The van der Waals surface area contributed by atoms with Crippen LogP contribution in [0.3, 0.4) is 0 Å². The van der Waals surface area contributed by atoms with Crippen LogP contribution in [0, 0.1) is 0 Å². The maximum atomic E-state index is 13.9. The van der Waals surface area contributed by atoms with Gasteiger partial charge in [0, 0.05) is 0 Å². The Bertz CT molecular complexity index is 805. The van der Waals surface area contributed by atoms with Gasteiger partial charge in [-0.3, -0.25) is 4.90 Å². The van der Waals surface area contributed by atoms with Gasteiger partial charge in [0.1, 0.15) is 5.75 Å². The Hall–Kier alpha value is -2.61. The number of urea groups is 1. The largest absolute Gasteiger partial charge is 0.497 e. The zero-order valence-electron chi connectivity index (χ0n) is 13.7. The van der Waals surface area contributed by atoms with E-state index in [-0.39, 0.29) is 10.6 Å². The number of halogens is 3. The molecule has 136 valence electrons. The fourth-order valence-corrected chi connectivity index (χ4v) is 3.80. The zero-order valence-corrected chi connectivity index (χ0v) is 14.5. The van der Waals surface area contributed by atoms with Gasteiger partial charge in [0.25, 0.3) is 0 Å². The quantitative estimate of drug-likeness (QED) is 0.828. The number of hydrogen-bond acceptors (Lipinski definition) is 3. The van der Waals surface area contributed by atoms with Gasteiger partial charge in [-0.25, -0.2) is 4.79 Å². The average molecular weight is 380 g/mol. The lowest BCUT2D eigenvalue weighted by molar-refractivity contribution is -0.167. The number of nitrogens with zero attached hydrogens (tertiary/aromatic N) is 1. The molecule has 2 amide bonds. The maximum Gasteiger partial charge on any atom is 0.425 e. The van der Waals surface area contributed by atoms with Gasteiger partial charge in [0.2, 0.25) is 4.87 Å². The van der Waals surface area contributed by atoms with E-state index < -0.39 is 17.1 Å². The number of thioether (sulfide) groups is 1.